The van der Waals surface area contributed by atoms with Gasteiger partial charge in [-0.15, -0.1) is 0 Å². The lowest BCUT2D eigenvalue weighted by Gasteiger charge is -2.32. The van der Waals surface area contributed by atoms with E-state index in [9.17, 15) is 18.3 Å². The zero-order chi connectivity index (χ0) is 32.2. The first kappa shape index (κ1) is 31.2. The molecule has 2 heterocycles. The predicted octanol–water partition coefficient (Wildman–Crippen LogP) is 8.78. The van der Waals surface area contributed by atoms with E-state index in [2.05, 4.69) is 47.1 Å². The Morgan fingerprint density at radius 1 is 0.783 bits per heavy atom. The van der Waals surface area contributed by atoms with Crippen LogP contribution in [-0.4, -0.2) is 46.7 Å². The van der Waals surface area contributed by atoms with Gasteiger partial charge in [0.15, 0.2) is 0 Å². The van der Waals surface area contributed by atoms with Crippen molar-refractivity contribution in [2.75, 3.05) is 13.1 Å². The van der Waals surface area contributed by atoms with Gasteiger partial charge in [0.1, 0.15) is 0 Å². The van der Waals surface area contributed by atoms with E-state index in [1.54, 1.807) is 0 Å². The molecule has 0 atom stereocenters. The number of carboxylic acid groups (broad SMARTS) is 1. The van der Waals surface area contributed by atoms with E-state index in [0.29, 0.717) is 42.0 Å². The smallest absolute Gasteiger partial charge is 0.337 e. The Hall–Kier alpha value is -3.40. The Bertz CT molecular complexity index is 2010. The highest BCUT2D eigenvalue weighted by Crippen LogP contribution is 2.44. The number of carboxylic acids is 1. The number of sulfonamides is 1. The standard InChI is InChI=1S/C35H30Cl3N3O4S/c36-25-6-1-21(2-7-25)33(22-3-8-26(37)9-4-22)24-5-14-32-30(19-24)34(41(39-32)27-10-11-27)23-15-17-40(18-16-23)46(44,45)28-12-13-29(35(42)43)31(38)20-28/h1-9,12-14,19-20,23,27,33H,10-11,15-18H2,(H,42,43). The first-order chi connectivity index (χ1) is 22.1. The van der Waals surface area contributed by atoms with Gasteiger partial charge in [0.25, 0.3) is 0 Å². The normalized spacial score (nSPS) is 16.3. The predicted molar refractivity (Wildman–Crippen MR) is 181 cm³/mol. The number of halogens is 3. The molecular formula is C35H30Cl3N3O4S. The minimum absolute atomic E-state index is 0.00509. The highest BCUT2D eigenvalue weighted by Gasteiger charge is 2.36. The summed E-state index contributed by atoms with van der Waals surface area (Å²) < 4.78 is 30.7. The molecule has 0 unspecified atom stereocenters. The number of hydrogen-bond donors (Lipinski definition) is 1. The van der Waals surface area contributed by atoms with E-state index in [1.165, 1.54) is 22.5 Å². The molecule has 7 rings (SSSR count). The Morgan fingerprint density at radius 2 is 1.37 bits per heavy atom. The van der Waals surface area contributed by atoms with Gasteiger partial charge in [-0.3, -0.25) is 4.68 Å². The van der Waals surface area contributed by atoms with Gasteiger partial charge >= 0.3 is 5.97 Å². The second-order valence-corrected chi connectivity index (χ2v) is 15.2. The van der Waals surface area contributed by atoms with Crippen molar-refractivity contribution in [3.05, 3.63) is 128 Å². The van der Waals surface area contributed by atoms with Crippen LogP contribution in [0.4, 0.5) is 0 Å². The van der Waals surface area contributed by atoms with Crippen molar-refractivity contribution >= 4 is 61.7 Å². The Labute approximate surface area is 282 Å². The molecule has 1 aliphatic carbocycles. The summed E-state index contributed by atoms with van der Waals surface area (Å²) in [5, 5.41) is 16.7. The summed E-state index contributed by atoms with van der Waals surface area (Å²) in [7, 11) is -3.85. The van der Waals surface area contributed by atoms with Crippen molar-refractivity contribution in [3.63, 3.8) is 0 Å². The Balaban J connectivity index is 1.22. The maximum Gasteiger partial charge on any atom is 0.337 e. The third-order valence-corrected chi connectivity index (χ3v) is 11.8. The molecule has 7 nitrogen and oxygen atoms in total. The molecule has 0 amide bonds. The van der Waals surface area contributed by atoms with Crippen molar-refractivity contribution in [2.24, 2.45) is 0 Å². The summed E-state index contributed by atoms with van der Waals surface area (Å²) in [6, 6.07) is 26.5. The van der Waals surface area contributed by atoms with Gasteiger partial charge in [0.2, 0.25) is 10.0 Å². The highest BCUT2D eigenvalue weighted by molar-refractivity contribution is 7.89. The quantitative estimate of drug-likeness (QED) is 0.164. The number of carbonyl (C=O) groups is 1. The van der Waals surface area contributed by atoms with Crippen LogP contribution in [0.1, 0.15) is 76.3 Å². The van der Waals surface area contributed by atoms with Gasteiger partial charge in [0, 0.05) is 46.1 Å². The van der Waals surface area contributed by atoms with Crippen LogP contribution in [0.15, 0.2) is 89.8 Å². The molecule has 1 N–H and O–H groups in total. The van der Waals surface area contributed by atoms with Crippen LogP contribution in [0.25, 0.3) is 10.9 Å². The van der Waals surface area contributed by atoms with Crippen molar-refractivity contribution in [1.29, 1.82) is 0 Å². The number of fused-ring (bicyclic) bond motifs is 1. The Morgan fingerprint density at radius 3 is 1.91 bits per heavy atom. The molecule has 0 spiro atoms. The summed E-state index contributed by atoms with van der Waals surface area (Å²) in [4.78, 5) is 11.4. The summed E-state index contributed by atoms with van der Waals surface area (Å²) >= 11 is 18.6. The number of nitrogens with zero attached hydrogens (tertiary/aromatic N) is 3. The number of hydrogen-bond acceptors (Lipinski definition) is 4. The molecule has 1 aromatic heterocycles. The number of piperidine rings is 1. The van der Waals surface area contributed by atoms with Gasteiger partial charge in [-0.1, -0.05) is 65.1 Å². The fourth-order valence-electron chi connectivity index (χ4n) is 6.56. The van der Waals surface area contributed by atoms with Crippen molar-refractivity contribution in [1.82, 2.24) is 14.1 Å². The monoisotopic (exact) mass is 693 g/mol. The third kappa shape index (κ3) is 5.93. The second-order valence-electron chi connectivity index (χ2n) is 12.0. The molecule has 2 aliphatic rings. The van der Waals surface area contributed by atoms with Gasteiger partial charge in [-0.05, 0) is 97.0 Å². The molecule has 1 saturated heterocycles. The third-order valence-electron chi connectivity index (χ3n) is 9.04. The van der Waals surface area contributed by atoms with Crippen molar-refractivity contribution in [3.8, 4) is 0 Å². The molecule has 1 saturated carbocycles. The molecule has 46 heavy (non-hydrogen) atoms. The highest BCUT2D eigenvalue weighted by atomic mass is 35.5. The lowest BCUT2D eigenvalue weighted by Crippen LogP contribution is -2.38. The molecule has 11 heteroatoms. The summed E-state index contributed by atoms with van der Waals surface area (Å²) in [6.45, 7) is 0.668. The molecule has 0 bridgehead atoms. The minimum atomic E-state index is -3.85. The van der Waals surface area contributed by atoms with Crippen LogP contribution in [0, 0.1) is 0 Å². The lowest BCUT2D eigenvalue weighted by molar-refractivity contribution is 0.0697. The SMILES string of the molecule is O=C(O)c1ccc(S(=O)(=O)N2CCC(c3c4cc(C(c5ccc(Cl)cc5)c5ccc(Cl)cc5)ccc4nn3C3CC3)CC2)cc1Cl. The number of aromatic nitrogens is 2. The average Bonchev–Trinajstić information content (AvgIpc) is 3.83. The maximum absolute atomic E-state index is 13.5. The van der Waals surface area contributed by atoms with E-state index >= 15 is 0 Å². The van der Waals surface area contributed by atoms with E-state index in [0.717, 1.165) is 46.1 Å². The zero-order valence-electron chi connectivity index (χ0n) is 24.6. The van der Waals surface area contributed by atoms with E-state index in [-0.39, 0.29) is 27.3 Å². The van der Waals surface area contributed by atoms with Gasteiger partial charge in [-0.25, -0.2) is 13.2 Å². The van der Waals surface area contributed by atoms with Gasteiger partial charge in [-0.2, -0.15) is 9.40 Å². The first-order valence-electron chi connectivity index (χ1n) is 15.2. The lowest BCUT2D eigenvalue weighted by atomic mass is 9.84. The van der Waals surface area contributed by atoms with Crippen LogP contribution in [0.2, 0.25) is 15.1 Å². The summed E-state index contributed by atoms with van der Waals surface area (Å²) in [5.74, 6) is -1.14. The second kappa shape index (κ2) is 12.3. The fourth-order valence-corrected chi connectivity index (χ4v) is 8.63. The van der Waals surface area contributed by atoms with Crippen LogP contribution in [0.5, 0.6) is 0 Å². The average molecular weight is 695 g/mol. The molecule has 1 aliphatic heterocycles. The maximum atomic E-state index is 13.5. The molecular weight excluding hydrogens is 665 g/mol. The fraction of sp³-hybridized carbons (Fsp3) is 0.257. The van der Waals surface area contributed by atoms with Crippen LogP contribution >= 0.6 is 34.8 Å². The Kier molecular flexibility index (Phi) is 8.36. The molecule has 5 aromatic rings. The molecule has 2 fully saturated rings. The number of aromatic carboxylic acids is 1. The van der Waals surface area contributed by atoms with Crippen LogP contribution < -0.4 is 0 Å². The van der Waals surface area contributed by atoms with E-state index < -0.39 is 16.0 Å². The van der Waals surface area contributed by atoms with E-state index in [4.69, 9.17) is 39.9 Å². The summed E-state index contributed by atoms with van der Waals surface area (Å²) in [5.41, 5.74) is 5.30. The first-order valence-corrected chi connectivity index (χ1v) is 17.7. The summed E-state index contributed by atoms with van der Waals surface area (Å²) in [6.07, 6.45) is 3.42. The van der Waals surface area contributed by atoms with Crippen LogP contribution in [-0.2, 0) is 10.0 Å². The topological polar surface area (TPSA) is 92.5 Å². The van der Waals surface area contributed by atoms with Gasteiger partial charge in [0.05, 0.1) is 27.0 Å². The minimum Gasteiger partial charge on any atom is -0.478 e. The number of rotatable bonds is 8. The molecule has 4 aromatic carbocycles. The van der Waals surface area contributed by atoms with Crippen molar-refractivity contribution < 1.29 is 18.3 Å². The van der Waals surface area contributed by atoms with Gasteiger partial charge < -0.3 is 5.11 Å². The molecule has 0 radical (unpaired) electrons. The van der Waals surface area contributed by atoms with Crippen LogP contribution in [0.3, 0.4) is 0 Å². The van der Waals surface area contributed by atoms with Crippen molar-refractivity contribution in [2.45, 2.75) is 48.5 Å². The van der Waals surface area contributed by atoms with E-state index in [1.807, 2.05) is 24.3 Å². The largest absolute Gasteiger partial charge is 0.478 e. The molecule has 236 valence electrons. The number of benzene rings is 4. The zero-order valence-corrected chi connectivity index (χ0v) is 27.7.